The number of amides is 1. The monoisotopic (exact) mass is 591 g/mol. The fourth-order valence-corrected chi connectivity index (χ4v) is 5.21. The number of carbonyl (C=O) groups excluding carboxylic acids is 2. The number of benzene rings is 2. The van der Waals surface area contributed by atoms with Gasteiger partial charge in [0, 0.05) is 45.6 Å². The average Bonchev–Trinajstić information content (AvgIpc) is 2.91. The molecule has 2 aromatic carbocycles. The molecule has 7 nitrogen and oxygen atoms in total. The summed E-state index contributed by atoms with van der Waals surface area (Å²) in [4.78, 5) is 46.9. The van der Waals surface area contributed by atoms with Crippen molar-refractivity contribution in [2.45, 2.75) is 20.4 Å². The summed E-state index contributed by atoms with van der Waals surface area (Å²) in [6.07, 6.45) is 3.48. The predicted molar refractivity (Wildman–Crippen MR) is 158 cm³/mol. The maximum absolute atomic E-state index is 13.9. The second-order valence-corrected chi connectivity index (χ2v) is 10.5. The van der Waals surface area contributed by atoms with E-state index >= 15 is 0 Å². The normalized spacial score (nSPS) is 11.0. The molecule has 0 saturated heterocycles. The standard InChI is InChI=1S/C30H21Cl3N4O3/c1-16(38)26-28(35-17(2)39)24-14-23(19-3-5-20(31)6-4-19)27(22-8-7-21(32)13-25(22)33)36-29(24)37(30(26)40)15-18-9-11-34-12-10-18/h3-14H,15H2,1-2H3,(H,35,39)/p+1. The number of ketones is 1. The summed E-state index contributed by atoms with van der Waals surface area (Å²) in [7, 11) is 0. The van der Waals surface area contributed by atoms with Crippen molar-refractivity contribution in [2.75, 3.05) is 5.32 Å². The van der Waals surface area contributed by atoms with Crippen molar-refractivity contribution < 1.29 is 14.6 Å². The van der Waals surface area contributed by atoms with Crippen molar-refractivity contribution in [1.29, 1.82) is 0 Å². The van der Waals surface area contributed by atoms with Gasteiger partial charge in [0.05, 0.1) is 22.9 Å². The highest BCUT2D eigenvalue weighted by atomic mass is 35.5. The maximum Gasteiger partial charge on any atom is 0.265 e. The third kappa shape index (κ3) is 5.36. The molecular formula is C30H22Cl3N4O3+. The summed E-state index contributed by atoms with van der Waals surface area (Å²) in [5.74, 6) is -0.916. The Morgan fingerprint density at radius 2 is 1.57 bits per heavy atom. The first-order chi connectivity index (χ1) is 19.1. The van der Waals surface area contributed by atoms with E-state index in [9.17, 15) is 14.4 Å². The van der Waals surface area contributed by atoms with Gasteiger partial charge in [0.25, 0.3) is 5.56 Å². The molecule has 0 aliphatic rings. The van der Waals surface area contributed by atoms with Gasteiger partial charge in [0.15, 0.2) is 18.2 Å². The molecule has 1 amide bonds. The van der Waals surface area contributed by atoms with Crippen LogP contribution in [0.4, 0.5) is 5.69 Å². The molecule has 0 spiro atoms. The van der Waals surface area contributed by atoms with Crippen molar-refractivity contribution >= 4 is 63.2 Å². The van der Waals surface area contributed by atoms with Crippen LogP contribution in [0.25, 0.3) is 33.4 Å². The number of nitrogens with zero attached hydrogens (tertiary/aromatic N) is 2. The van der Waals surface area contributed by atoms with E-state index in [2.05, 4.69) is 10.3 Å². The summed E-state index contributed by atoms with van der Waals surface area (Å²) in [5, 5.41) is 4.50. The number of Topliss-reactive ketones (excluding diaryl/α,β-unsaturated/α-hetero) is 1. The average molecular weight is 593 g/mol. The minimum absolute atomic E-state index is 0.106. The Bertz CT molecular complexity index is 1850. The van der Waals surface area contributed by atoms with Gasteiger partial charge in [-0.2, -0.15) is 0 Å². The van der Waals surface area contributed by atoms with E-state index in [1.807, 2.05) is 24.3 Å². The number of hydrogen-bond acceptors (Lipinski definition) is 4. The first-order valence-electron chi connectivity index (χ1n) is 12.2. The predicted octanol–water partition coefficient (Wildman–Crippen LogP) is 6.71. The number of H-pyrrole nitrogens is 1. The molecule has 0 aliphatic heterocycles. The lowest BCUT2D eigenvalue weighted by Gasteiger charge is -2.20. The van der Waals surface area contributed by atoms with Crippen molar-refractivity contribution in [1.82, 2.24) is 9.55 Å². The molecule has 0 atom stereocenters. The number of pyridine rings is 3. The van der Waals surface area contributed by atoms with Gasteiger partial charge in [-0.1, -0.05) is 46.9 Å². The molecule has 3 aromatic heterocycles. The van der Waals surface area contributed by atoms with Gasteiger partial charge in [-0.25, -0.2) is 9.97 Å². The van der Waals surface area contributed by atoms with Crippen LogP contribution in [0.2, 0.25) is 15.1 Å². The van der Waals surface area contributed by atoms with Crippen LogP contribution in [0.5, 0.6) is 0 Å². The van der Waals surface area contributed by atoms with E-state index in [1.165, 1.54) is 18.4 Å². The molecule has 5 aromatic rings. The fraction of sp³-hybridized carbons (Fsp3) is 0.100. The minimum atomic E-state index is -0.573. The van der Waals surface area contributed by atoms with Crippen LogP contribution < -0.4 is 15.9 Å². The topological polar surface area (TPSA) is 95.2 Å². The molecule has 2 N–H and O–H groups in total. The largest absolute Gasteiger partial charge is 0.325 e. The number of nitrogens with one attached hydrogen (secondary N) is 2. The Kier molecular flexibility index (Phi) is 7.72. The summed E-state index contributed by atoms with van der Waals surface area (Å²) in [5.41, 5.74) is 2.95. The first-order valence-corrected chi connectivity index (χ1v) is 13.3. The van der Waals surface area contributed by atoms with Crippen LogP contribution in [0.1, 0.15) is 29.8 Å². The highest BCUT2D eigenvalue weighted by Gasteiger charge is 2.25. The molecule has 0 bridgehead atoms. The zero-order valence-corrected chi connectivity index (χ0v) is 23.7. The van der Waals surface area contributed by atoms with Crippen LogP contribution in [0, 0.1) is 0 Å². The van der Waals surface area contributed by atoms with Gasteiger partial charge in [-0.05, 0) is 54.4 Å². The zero-order valence-electron chi connectivity index (χ0n) is 21.4. The smallest absolute Gasteiger partial charge is 0.265 e. The summed E-state index contributed by atoms with van der Waals surface area (Å²) in [6.45, 7) is 2.74. The Balaban J connectivity index is 1.96. The second kappa shape index (κ2) is 11.2. The van der Waals surface area contributed by atoms with E-state index in [-0.39, 0.29) is 23.4 Å². The Labute approximate surface area is 244 Å². The van der Waals surface area contributed by atoms with Gasteiger partial charge in [0.2, 0.25) is 5.91 Å². The molecule has 40 heavy (non-hydrogen) atoms. The van der Waals surface area contributed by atoms with E-state index < -0.39 is 17.2 Å². The van der Waals surface area contributed by atoms with Crippen LogP contribution in [0.3, 0.4) is 0 Å². The highest BCUT2D eigenvalue weighted by molar-refractivity contribution is 6.36. The molecule has 10 heteroatoms. The molecule has 0 unspecified atom stereocenters. The summed E-state index contributed by atoms with van der Waals surface area (Å²) in [6, 6.07) is 17.7. The van der Waals surface area contributed by atoms with Crippen LogP contribution in [-0.4, -0.2) is 21.2 Å². The highest BCUT2D eigenvalue weighted by Crippen LogP contribution is 2.39. The van der Waals surface area contributed by atoms with E-state index in [0.29, 0.717) is 37.3 Å². The Hall–Kier alpha value is -4.04. The molecule has 0 radical (unpaired) electrons. The number of anilines is 1. The van der Waals surface area contributed by atoms with Crippen molar-refractivity contribution in [3.63, 3.8) is 0 Å². The SMILES string of the molecule is CC(=O)Nc1c(C(C)=O)c(=O)n(Cc2cc[nH+]cc2)c2nc(-c3ccc(Cl)cc3Cl)c(-c3ccc(Cl)cc3)cc12. The number of halogens is 3. The van der Waals surface area contributed by atoms with Gasteiger partial charge in [-0.3, -0.25) is 19.0 Å². The molecule has 5 rings (SSSR count). The Morgan fingerprint density at radius 1 is 0.900 bits per heavy atom. The molecule has 0 fully saturated rings. The third-order valence-electron chi connectivity index (χ3n) is 6.36. The number of hydrogen-bond donors (Lipinski definition) is 1. The van der Waals surface area contributed by atoms with Crippen LogP contribution >= 0.6 is 34.8 Å². The van der Waals surface area contributed by atoms with Gasteiger partial charge in [0.1, 0.15) is 11.2 Å². The van der Waals surface area contributed by atoms with Crippen molar-refractivity contribution in [3.05, 3.63) is 110 Å². The second-order valence-electron chi connectivity index (χ2n) is 9.17. The molecule has 0 aliphatic carbocycles. The van der Waals surface area contributed by atoms with Gasteiger partial charge in [-0.15, -0.1) is 0 Å². The number of aromatic nitrogens is 3. The van der Waals surface area contributed by atoms with Crippen molar-refractivity contribution in [2.24, 2.45) is 0 Å². The molecular weight excluding hydrogens is 571 g/mol. The number of fused-ring (bicyclic) bond motifs is 1. The summed E-state index contributed by atoms with van der Waals surface area (Å²) < 4.78 is 1.44. The quantitative estimate of drug-likeness (QED) is 0.222. The third-order valence-corrected chi connectivity index (χ3v) is 7.16. The molecule has 0 saturated carbocycles. The summed E-state index contributed by atoms with van der Waals surface area (Å²) >= 11 is 19.0. The van der Waals surface area contributed by atoms with Gasteiger partial charge >= 0.3 is 0 Å². The van der Waals surface area contributed by atoms with Crippen LogP contribution in [-0.2, 0) is 11.3 Å². The lowest BCUT2D eigenvalue weighted by molar-refractivity contribution is -0.378. The van der Waals surface area contributed by atoms with E-state index in [4.69, 9.17) is 39.8 Å². The lowest BCUT2D eigenvalue weighted by atomic mass is 9.96. The molecule has 3 heterocycles. The number of rotatable bonds is 6. The van der Waals surface area contributed by atoms with E-state index in [1.54, 1.807) is 48.8 Å². The van der Waals surface area contributed by atoms with Crippen molar-refractivity contribution in [3.8, 4) is 22.4 Å². The van der Waals surface area contributed by atoms with E-state index in [0.717, 1.165) is 11.1 Å². The van der Waals surface area contributed by atoms with Gasteiger partial charge < -0.3 is 5.32 Å². The lowest BCUT2D eigenvalue weighted by Crippen LogP contribution is -2.30. The maximum atomic E-state index is 13.9. The van der Waals surface area contributed by atoms with Crippen LogP contribution in [0.15, 0.2) is 77.9 Å². The number of aromatic amines is 1. The molecule has 200 valence electrons. The Morgan fingerprint density at radius 3 is 2.20 bits per heavy atom. The zero-order chi connectivity index (χ0) is 28.6. The fourth-order valence-electron chi connectivity index (χ4n) is 4.59. The first kappa shape index (κ1) is 27.5. The minimum Gasteiger partial charge on any atom is -0.325 e. The number of carbonyl (C=O) groups is 2.